The third-order valence-corrected chi connectivity index (χ3v) is 3.19. The first-order chi connectivity index (χ1) is 10.1. The number of benzene rings is 1. The molecule has 1 N–H and O–H groups in total. The number of methoxy groups -OCH3 is 1. The Kier molecular flexibility index (Phi) is 5.28. The summed E-state index contributed by atoms with van der Waals surface area (Å²) >= 11 is 0. The van der Waals surface area contributed by atoms with Crippen LogP contribution in [0.1, 0.15) is 30.9 Å². The van der Waals surface area contributed by atoms with Crippen LogP contribution in [0.15, 0.2) is 34.7 Å². The van der Waals surface area contributed by atoms with Gasteiger partial charge in [0.25, 0.3) is 0 Å². The zero-order valence-corrected chi connectivity index (χ0v) is 13.1. The van der Waals surface area contributed by atoms with Crippen molar-refractivity contribution in [2.75, 3.05) is 7.11 Å². The number of aryl methyl sites for hydroxylation is 1. The summed E-state index contributed by atoms with van der Waals surface area (Å²) in [5, 5.41) is 3.39. The van der Waals surface area contributed by atoms with Gasteiger partial charge in [-0.2, -0.15) is 0 Å². The van der Waals surface area contributed by atoms with E-state index in [-0.39, 0.29) is 0 Å². The summed E-state index contributed by atoms with van der Waals surface area (Å²) in [6, 6.07) is 10.1. The molecule has 4 nitrogen and oxygen atoms in total. The van der Waals surface area contributed by atoms with Crippen molar-refractivity contribution in [1.82, 2.24) is 5.32 Å². The average molecular weight is 289 g/mol. The SMILES string of the molecule is COc1cccc(OCc2cc(CNC(C)C)c(C)o2)c1. The molecule has 0 aliphatic heterocycles. The average Bonchev–Trinajstić information content (AvgIpc) is 2.83. The van der Waals surface area contributed by atoms with E-state index in [0.717, 1.165) is 29.6 Å². The number of nitrogens with one attached hydrogen (secondary N) is 1. The molecule has 0 aliphatic carbocycles. The van der Waals surface area contributed by atoms with E-state index >= 15 is 0 Å². The molecule has 2 aromatic rings. The highest BCUT2D eigenvalue weighted by Crippen LogP contribution is 2.21. The lowest BCUT2D eigenvalue weighted by Crippen LogP contribution is -2.21. The maximum atomic E-state index is 5.73. The Hall–Kier alpha value is -1.94. The highest BCUT2D eigenvalue weighted by atomic mass is 16.5. The van der Waals surface area contributed by atoms with E-state index in [1.807, 2.05) is 37.3 Å². The Morgan fingerprint density at radius 1 is 1.19 bits per heavy atom. The predicted octanol–water partition coefficient (Wildman–Crippen LogP) is 3.67. The zero-order chi connectivity index (χ0) is 15.2. The Labute approximate surface area is 126 Å². The van der Waals surface area contributed by atoms with Gasteiger partial charge in [0, 0.05) is 24.2 Å². The van der Waals surface area contributed by atoms with Gasteiger partial charge in [0.15, 0.2) is 0 Å². The van der Waals surface area contributed by atoms with Crippen molar-refractivity contribution in [3.8, 4) is 11.5 Å². The molecule has 0 fully saturated rings. The minimum absolute atomic E-state index is 0.412. The number of furan rings is 1. The van der Waals surface area contributed by atoms with Crippen molar-refractivity contribution in [2.24, 2.45) is 0 Å². The Morgan fingerprint density at radius 2 is 1.95 bits per heavy atom. The normalized spacial score (nSPS) is 10.9. The van der Waals surface area contributed by atoms with Crippen LogP contribution in [0, 0.1) is 6.92 Å². The molecule has 1 aromatic carbocycles. The standard InChI is InChI=1S/C17H23NO3/c1-12(2)18-10-14-8-17(21-13(14)3)11-20-16-7-5-6-15(9-16)19-4/h5-9,12,18H,10-11H2,1-4H3. The molecule has 21 heavy (non-hydrogen) atoms. The van der Waals surface area contributed by atoms with Crippen molar-refractivity contribution >= 4 is 0 Å². The Balaban J connectivity index is 1.95. The largest absolute Gasteiger partial charge is 0.497 e. The first kappa shape index (κ1) is 15.4. The van der Waals surface area contributed by atoms with Gasteiger partial charge < -0.3 is 19.2 Å². The van der Waals surface area contributed by atoms with Crippen LogP contribution in [0.3, 0.4) is 0 Å². The highest BCUT2D eigenvalue weighted by molar-refractivity contribution is 5.33. The third kappa shape index (κ3) is 4.53. The van der Waals surface area contributed by atoms with E-state index in [4.69, 9.17) is 13.9 Å². The Bertz CT molecular complexity index is 575. The lowest BCUT2D eigenvalue weighted by atomic mass is 10.2. The smallest absolute Gasteiger partial charge is 0.146 e. The molecule has 0 amide bonds. The van der Waals surface area contributed by atoms with Gasteiger partial charge in [-0.05, 0) is 25.1 Å². The molecule has 2 rings (SSSR count). The molecular formula is C17H23NO3. The molecule has 114 valence electrons. The maximum absolute atomic E-state index is 5.73. The molecule has 0 bridgehead atoms. The summed E-state index contributed by atoms with van der Waals surface area (Å²) < 4.78 is 16.6. The molecule has 0 saturated carbocycles. The second-order valence-electron chi connectivity index (χ2n) is 5.30. The van der Waals surface area contributed by atoms with E-state index < -0.39 is 0 Å². The number of rotatable bonds is 7. The van der Waals surface area contributed by atoms with Crippen molar-refractivity contribution in [1.29, 1.82) is 0 Å². The third-order valence-electron chi connectivity index (χ3n) is 3.19. The topological polar surface area (TPSA) is 43.6 Å². The van der Waals surface area contributed by atoms with Crippen LogP contribution < -0.4 is 14.8 Å². The van der Waals surface area contributed by atoms with Crippen LogP contribution >= 0.6 is 0 Å². The van der Waals surface area contributed by atoms with Crippen LogP contribution in [0.2, 0.25) is 0 Å². The number of ether oxygens (including phenoxy) is 2. The van der Waals surface area contributed by atoms with Crippen molar-refractivity contribution in [3.63, 3.8) is 0 Å². The minimum Gasteiger partial charge on any atom is -0.497 e. The lowest BCUT2D eigenvalue weighted by molar-refractivity contribution is 0.266. The summed E-state index contributed by atoms with van der Waals surface area (Å²) in [4.78, 5) is 0. The van der Waals surface area contributed by atoms with Gasteiger partial charge in [0.2, 0.25) is 0 Å². The fourth-order valence-electron chi connectivity index (χ4n) is 1.99. The molecule has 0 unspecified atom stereocenters. The molecule has 0 aliphatic rings. The van der Waals surface area contributed by atoms with Crippen LogP contribution in [0.5, 0.6) is 11.5 Å². The predicted molar refractivity (Wildman–Crippen MR) is 82.7 cm³/mol. The molecule has 4 heteroatoms. The second kappa shape index (κ2) is 7.18. The fourth-order valence-corrected chi connectivity index (χ4v) is 1.99. The maximum Gasteiger partial charge on any atom is 0.146 e. The van der Waals surface area contributed by atoms with Gasteiger partial charge in [0.05, 0.1) is 7.11 Å². The van der Waals surface area contributed by atoms with Gasteiger partial charge >= 0.3 is 0 Å². The zero-order valence-electron chi connectivity index (χ0n) is 13.1. The van der Waals surface area contributed by atoms with Crippen LogP contribution in [0.25, 0.3) is 0 Å². The molecule has 0 radical (unpaired) electrons. The quantitative estimate of drug-likeness (QED) is 0.844. The van der Waals surface area contributed by atoms with Crippen molar-refractivity contribution in [3.05, 3.63) is 47.4 Å². The van der Waals surface area contributed by atoms with E-state index in [1.165, 1.54) is 5.56 Å². The lowest BCUT2D eigenvalue weighted by Gasteiger charge is -2.06. The van der Waals surface area contributed by atoms with Crippen LogP contribution in [-0.2, 0) is 13.2 Å². The van der Waals surface area contributed by atoms with Gasteiger partial charge in [0.1, 0.15) is 29.6 Å². The van der Waals surface area contributed by atoms with E-state index in [0.29, 0.717) is 12.6 Å². The first-order valence-electron chi connectivity index (χ1n) is 7.17. The van der Waals surface area contributed by atoms with Gasteiger partial charge in [-0.1, -0.05) is 19.9 Å². The molecular weight excluding hydrogens is 266 g/mol. The summed E-state index contributed by atoms with van der Waals surface area (Å²) in [6.45, 7) is 7.46. The summed E-state index contributed by atoms with van der Waals surface area (Å²) in [7, 11) is 1.64. The molecule has 0 atom stereocenters. The van der Waals surface area contributed by atoms with E-state index in [1.54, 1.807) is 7.11 Å². The van der Waals surface area contributed by atoms with Gasteiger partial charge in [-0.3, -0.25) is 0 Å². The van der Waals surface area contributed by atoms with Gasteiger partial charge in [-0.15, -0.1) is 0 Å². The second-order valence-corrected chi connectivity index (χ2v) is 5.30. The molecule has 1 aromatic heterocycles. The summed E-state index contributed by atoms with van der Waals surface area (Å²) in [5.41, 5.74) is 1.17. The monoisotopic (exact) mass is 289 g/mol. The number of hydrogen-bond donors (Lipinski definition) is 1. The first-order valence-corrected chi connectivity index (χ1v) is 7.17. The van der Waals surface area contributed by atoms with Gasteiger partial charge in [-0.25, -0.2) is 0 Å². The molecule has 0 spiro atoms. The summed E-state index contributed by atoms with van der Waals surface area (Å²) in [6.07, 6.45) is 0. The van der Waals surface area contributed by atoms with E-state index in [9.17, 15) is 0 Å². The molecule has 1 heterocycles. The molecule has 0 saturated heterocycles. The van der Waals surface area contributed by atoms with E-state index in [2.05, 4.69) is 19.2 Å². The highest BCUT2D eigenvalue weighted by Gasteiger charge is 2.08. The van der Waals surface area contributed by atoms with Crippen LogP contribution in [0.4, 0.5) is 0 Å². The van der Waals surface area contributed by atoms with Crippen LogP contribution in [-0.4, -0.2) is 13.2 Å². The summed E-state index contributed by atoms with van der Waals surface area (Å²) in [5.74, 6) is 3.32. The van der Waals surface area contributed by atoms with Crippen molar-refractivity contribution < 1.29 is 13.9 Å². The number of hydrogen-bond acceptors (Lipinski definition) is 4. The minimum atomic E-state index is 0.412. The van der Waals surface area contributed by atoms with Crippen molar-refractivity contribution in [2.45, 2.75) is 40.0 Å². The fraction of sp³-hybridized carbons (Fsp3) is 0.412. The Morgan fingerprint density at radius 3 is 2.67 bits per heavy atom.